The summed E-state index contributed by atoms with van der Waals surface area (Å²) in [7, 11) is -0.0261. The molecule has 0 saturated carbocycles. The lowest BCUT2D eigenvalue weighted by Crippen LogP contribution is -2.17. The van der Waals surface area contributed by atoms with Gasteiger partial charge in [-0.15, -0.1) is 0 Å². The molecular formula is C21H20ClN3O3S. The van der Waals surface area contributed by atoms with Crippen molar-refractivity contribution in [1.29, 1.82) is 0 Å². The fourth-order valence-corrected chi connectivity index (χ4v) is 3.97. The van der Waals surface area contributed by atoms with E-state index in [9.17, 15) is 13.2 Å². The van der Waals surface area contributed by atoms with E-state index in [-0.39, 0.29) is 10.8 Å². The molecule has 0 aromatic heterocycles. The molecule has 0 bridgehead atoms. The molecule has 3 rings (SSSR count). The molecule has 0 radical (unpaired) electrons. The molecule has 0 spiro atoms. The van der Waals surface area contributed by atoms with Crippen molar-refractivity contribution in [2.24, 2.45) is 0 Å². The molecule has 0 aliphatic carbocycles. The lowest BCUT2D eigenvalue weighted by atomic mass is 10.1. The van der Waals surface area contributed by atoms with Crippen LogP contribution in [0.1, 0.15) is 10.4 Å². The Morgan fingerprint density at radius 2 is 1.66 bits per heavy atom. The van der Waals surface area contributed by atoms with Crippen molar-refractivity contribution < 1.29 is 13.2 Å². The van der Waals surface area contributed by atoms with Crippen molar-refractivity contribution in [3.05, 3.63) is 83.4 Å². The van der Waals surface area contributed by atoms with Crippen molar-refractivity contribution >= 4 is 44.6 Å². The zero-order valence-corrected chi connectivity index (χ0v) is 17.5. The Morgan fingerprint density at radius 3 is 2.34 bits per heavy atom. The number of halogens is 1. The number of sulfonamides is 1. The van der Waals surface area contributed by atoms with Gasteiger partial charge in [-0.25, -0.2) is 8.42 Å². The Hall–Kier alpha value is -3.03. The van der Waals surface area contributed by atoms with Gasteiger partial charge in [0.2, 0.25) is 0 Å². The summed E-state index contributed by atoms with van der Waals surface area (Å²) in [6.07, 6.45) is 0. The number of anilines is 3. The third-order valence-corrected chi connectivity index (χ3v) is 5.75. The molecule has 0 atom stereocenters. The van der Waals surface area contributed by atoms with Crippen molar-refractivity contribution in [2.75, 3.05) is 29.0 Å². The van der Waals surface area contributed by atoms with E-state index in [4.69, 9.17) is 11.6 Å². The van der Waals surface area contributed by atoms with Gasteiger partial charge in [0, 0.05) is 30.4 Å². The van der Waals surface area contributed by atoms with Crippen LogP contribution in [-0.2, 0) is 10.0 Å². The normalized spacial score (nSPS) is 11.0. The van der Waals surface area contributed by atoms with E-state index in [0.29, 0.717) is 22.0 Å². The minimum absolute atomic E-state index is 0.143. The van der Waals surface area contributed by atoms with Crippen molar-refractivity contribution in [3.63, 3.8) is 0 Å². The fraction of sp³-hybridized carbons (Fsp3) is 0.0952. The molecule has 3 aromatic rings. The molecule has 0 aliphatic rings. The van der Waals surface area contributed by atoms with Crippen LogP contribution in [0.3, 0.4) is 0 Å². The number of nitrogens with zero attached hydrogens (tertiary/aromatic N) is 1. The third-order valence-electron chi connectivity index (χ3n) is 4.12. The van der Waals surface area contributed by atoms with Gasteiger partial charge in [-0.05, 0) is 48.5 Å². The van der Waals surface area contributed by atoms with Crippen LogP contribution in [0.2, 0.25) is 5.02 Å². The van der Waals surface area contributed by atoms with Gasteiger partial charge in [0.25, 0.3) is 15.9 Å². The molecule has 150 valence electrons. The monoisotopic (exact) mass is 429 g/mol. The maximum absolute atomic E-state index is 12.7. The summed E-state index contributed by atoms with van der Waals surface area (Å²) in [6, 6.07) is 19.5. The van der Waals surface area contributed by atoms with Gasteiger partial charge in [0.05, 0.1) is 16.3 Å². The van der Waals surface area contributed by atoms with Crippen LogP contribution in [0, 0.1) is 0 Å². The second-order valence-electron chi connectivity index (χ2n) is 6.51. The first kappa shape index (κ1) is 20.7. The SMILES string of the molecule is CN(C)c1ccc(Cl)cc1NC(=O)c1cccc(NS(=O)(=O)c2ccccc2)c1. The molecule has 29 heavy (non-hydrogen) atoms. The topological polar surface area (TPSA) is 78.5 Å². The largest absolute Gasteiger partial charge is 0.376 e. The standard InChI is InChI=1S/C21H20ClN3O3S/c1-25(2)20-12-11-16(22)14-19(20)23-21(26)15-7-6-8-17(13-15)24-29(27,28)18-9-4-3-5-10-18/h3-14,24H,1-2H3,(H,23,26). The van der Waals surface area contributed by atoms with E-state index in [1.807, 2.05) is 25.1 Å². The van der Waals surface area contributed by atoms with Gasteiger partial charge >= 0.3 is 0 Å². The molecule has 0 unspecified atom stereocenters. The highest BCUT2D eigenvalue weighted by molar-refractivity contribution is 7.92. The minimum atomic E-state index is -3.74. The summed E-state index contributed by atoms with van der Waals surface area (Å²) in [5.74, 6) is -0.379. The van der Waals surface area contributed by atoms with E-state index in [0.717, 1.165) is 5.69 Å². The molecule has 0 saturated heterocycles. The van der Waals surface area contributed by atoms with Crippen LogP contribution in [0.15, 0.2) is 77.7 Å². The van der Waals surface area contributed by atoms with Crippen LogP contribution < -0.4 is 14.9 Å². The molecule has 0 aliphatic heterocycles. The minimum Gasteiger partial charge on any atom is -0.376 e. The van der Waals surface area contributed by atoms with E-state index in [1.54, 1.807) is 48.5 Å². The number of hydrogen-bond acceptors (Lipinski definition) is 4. The van der Waals surface area contributed by atoms with Gasteiger partial charge in [0.1, 0.15) is 0 Å². The lowest BCUT2D eigenvalue weighted by molar-refractivity contribution is 0.102. The van der Waals surface area contributed by atoms with E-state index < -0.39 is 10.0 Å². The van der Waals surface area contributed by atoms with Crippen LogP contribution in [0.4, 0.5) is 17.1 Å². The summed E-state index contributed by atoms with van der Waals surface area (Å²) in [6.45, 7) is 0. The molecule has 0 fully saturated rings. The lowest BCUT2D eigenvalue weighted by Gasteiger charge is -2.18. The van der Waals surface area contributed by atoms with Crippen molar-refractivity contribution in [3.8, 4) is 0 Å². The van der Waals surface area contributed by atoms with Gasteiger partial charge < -0.3 is 10.2 Å². The third kappa shape index (κ3) is 5.07. The van der Waals surface area contributed by atoms with Crippen LogP contribution in [-0.4, -0.2) is 28.4 Å². The first-order chi connectivity index (χ1) is 13.8. The highest BCUT2D eigenvalue weighted by atomic mass is 35.5. The number of benzene rings is 3. The first-order valence-electron chi connectivity index (χ1n) is 8.72. The summed E-state index contributed by atoms with van der Waals surface area (Å²) < 4.78 is 27.5. The Kier molecular flexibility index (Phi) is 6.10. The first-order valence-corrected chi connectivity index (χ1v) is 10.6. The molecule has 1 amide bonds. The number of rotatable bonds is 6. The molecule has 8 heteroatoms. The van der Waals surface area contributed by atoms with Gasteiger partial charge in [-0.3, -0.25) is 9.52 Å². The molecular weight excluding hydrogens is 410 g/mol. The zero-order valence-electron chi connectivity index (χ0n) is 15.9. The zero-order chi connectivity index (χ0) is 21.0. The second-order valence-corrected chi connectivity index (χ2v) is 8.63. The predicted octanol–water partition coefficient (Wildman–Crippen LogP) is 4.46. The number of nitrogens with one attached hydrogen (secondary N) is 2. The van der Waals surface area contributed by atoms with Gasteiger partial charge in [-0.1, -0.05) is 35.9 Å². The number of carbonyl (C=O) groups is 1. The van der Waals surface area contributed by atoms with E-state index in [1.165, 1.54) is 18.2 Å². The highest BCUT2D eigenvalue weighted by Gasteiger charge is 2.15. The smallest absolute Gasteiger partial charge is 0.261 e. The van der Waals surface area contributed by atoms with Crippen LogP contribution >= 0.6 is 11.6 Å². The number of amides is 1. The van der Waals surface area contributed by atoms with E-state index >= 15 is 0 Å². The second kappa shape index (κ2) is 8.55. The fourth-order valence-electron chi connectivity index (χ4n) is 2.73. The summed E-state index contributed by atoms with van der Waals surface area (Å²) in [5, 5.41) is 3.32. The predicted molar refractivity (Wildman–Crippen MR) is 117 cm³/mol. The Labute approximate surface area is 175 Å². The van der Waals surface area contributed by atoms with Crippen LogP contribution in [0.25, 0.3) is 0 Å². The average molecular weight is 430 g/mol. The van der Waals surface area contributed by atoms with Gasteiger partial charge in [-0.2, -0.15) is 0 Å². The summed E-state index contributed by atoms with van der Waals surface area (Å²) in [5.41, 5.74) is 1.95. The van der Waals surface area contributed by atoms with E-state index in [2.05, 4.69) is 10.0 Å². The number of hydrogen-bond donors (Lipinski definition) is 2. The molecule has 6 nitrogen and oxygen atoms in total. The Balaban J connectivity index is 1.83. The maximum atomic E-state index is 12.7. The summed E-state index contributed by atoms with van der Waals surface area (Å²) in [4.78, 5) is 14.7. The molecule has 2 N–H and O–H groups in total. The van der Waals surface area contributed by atoms with Gasteiger partial charge in [0.15, 0.2) is 0 Å². The Bertz CT molecular complexity index is 1130. The van der Waals surface area contributed by atoms with Crippen LogP contribution in [0.5, 0.6) is 0 Å². The molecule has 0 heterocycles. The Morgan fingerprint density at radius 1 is 0.931 bits per heavy atom. The molecule has 3 aromatic carbocycles. The summed E-state index contributed by atoms with van der Waals surface area (Å²) >= 11 is 6.06. The van der Waals surface area contributed by atoms with Crippen molar-refractivity contribution in [1.82, 2.24) is 0 Å². The number of carbonyl (C=O) groups excluding carboxylic acids is 1. The van der Waals surface area contributed by atoms with Crippen molar-refractivity contribution in [2.45, 2.75) is 4.90 Å². The maximum Gasteiger partial charge on any atom is 0.261 e. The highest BCUT2D eigenvalue weighted by Crippen LogP contribution is 2.28. The quantitative estimate of drug-likeness (QED) is 0.606. The average Bonchev–Trinajstić information content (AvgIpc) is 2.68.